The molecular formula is C24H40N6O2S. The number of rotatable bonds is 9. The van der Waals surface area contributed by atoms with E-state index >= 15 is 0 Å². The van der Waals surface area contributed by atoms with Crippen molar-refractivity contribution >= 4 is 29.9 Å². The average molecular weight is 477 g/mol. The Kier molecular flexibility index (Phi) is 8.02. The van der Waals surface area contributed by atoms with Crippen molar-refractivity contribution in [2.24, 2.45) is 27.1 Å². The molecule has 4 fully saturated rings. The van der Waals surface area contributed by atoms with Crippen molar-refractivity contribution in [1.29, 1.82) is 0 Å². The highest BCUT2D eigenvalue weighted by molar-refractivity contribution is 7.83. The third kappa shape index (κ3) is 5.57. The number of piperidine rings is 1. The van der Waals surface area contributed by atoms with Crippen molar-refractivity contribution in [2.45, 2.75) is 82.5 Å². The highest BCUT2D eigenvalue weighted by Gasteiger charge is 2.44. The third-order valence-electron chi connectivity index (χ3n) is 8.01. The van der Waals surface area contributed by atoms with Gasteiger partial charge in [0.2, 0.25) is 6.41 Å². The van der Waals surface area contributed by atoms with Crippen LogP contribution in [0.15, 0.2) is 21.4 Å². The van der Waals surface area contributed by atoms with Crippen LogP contribution in [-0.4, -0.2) is 75.9 Å². The maximum Gasteiger partial charge on any atom is 0.215 e. The van der Waals surface area contributed by atoms with Crippen LogP contribution in [0, 0.1) is 11.3 Å². The number of nitrogens with two attached hydrogens (primary N) is 1. The second kappa shape index (κ2) is 10.8. The summed E-state index contributed by atoms with van der Waals surface area (Å²) in [7, 11) is -0.905. The number of nitrogens with one attached hydrogen (secondary N) is 1. The van der Waals surface area contributed by atoms with Gasteiger partial charge in [0.05, 0.1) is 28.6 Å². The van der Waals surface area contributed by atoms with E-state index in [2.05, 4.69) is 28.5 Å². The maximum atomic E-state index is 12.8. The molecule has 0 bridgehead atoms. The molecule has 9 heteroatoms. The van der Waals surface area contributed by atoms with Crippen LogP contribution in [0.2, 0.25) is 0 Å². The van der Waals surface area contributed by atoms with Gasteiger partial charge in [-0.2, -0.15) is 0 Å². The van der Waals surface area contributed by atoms with Crippen LogP contribution in [0.1, 0.15) is 65.2 Å². The number of allylic oxidation sites excluding steroid dienone is 1. The van der Waals surface area contributed by atoms with Crippen LogP contribution in [0.5, 0.6) is 0 Å². The van der Waals surface area contributed by atoms with Gasteiger partial charge >= 0.3 is 0 Å². The summed E-state index contributed by atoms with van der Waals surface area (Å²) >= 11 is 0. The number of carbonyl (C=O) groups is 1. The predicted molar refractivity (Wildman–Crippen MR) is 134 cm³/mol. The van der Waals surface area contributed by atoms with Gasteiger partial charge in [0, 0.05) is 37.5 Å². The number of nitrogens with zero attached hydrogens (tertiary/aromatic N) is 4. The monoisotopic (exact) mass is 476 g/mol. The molecule has 4 aliphatic rings. The van der Waals surface area contributed by atoms with Gasteiger partial charge in [-0.1, -0.05) is 20.3 Å². The zero-order valence-electron chi connectivity index (χ0n) is 20.1. The predicted octanol–water partition coefficient (Wildman–Crippen LogP) is 2.19. The first-order valence-corrected chi connectivity index (χ1v) is 13.8. The Balaban J connectivity index is 1.49. The molecule has 3 N–H and O–H groups in total. The quantitative estimate of drug-likeness (QED) is 0.302. The fourth-order valence-corrected chi connectivity index (χ4v) is 7.04. The van der Waals surface area contributed by atoms with E-state index in [-0.39, 0.29) is 22.7 Å². The van der Waals surface area contributed by atoms with E-state index in [4.69, 9.17) is 10.7 Å². The van der Waals surface area contributed by atoms with Crippen LogP contribution in [0.25, 0.3) is 0 Å². The van der Waals surface area contributed by atoms with E-state index in [1.54, 1.807) is 0 Å². The summed E-state index contributed by atoms with van der Waals surface area (Å²) in [6.45, 7) is 7.89. The van der Waals surface area contributed by atoms with Gasteiger partial charge < -0.3 is 11.1 Å². The smallest absolute Gasteiger partial charge is 0.215 e. The molecule has 2 saturated carbocycles. The summed E-state index contributed by atoms with van der Waals surface area (Å²) in [4.78, 5) is 23.5. The summed E-state index contributed by atoms with van der Waals surface area (Å²) in [6.07, 6.45) is 12.4. The summed E-state index contributed by atoms with van der Waals surface area (Å²) in [6, 6.07) is 0.366. The Hall–Kier alpha value is -1.58. The van der Waals surface area contributed by atoms with Crippen molar-refractivity contribution in [3.05, 3.63) is 11.4 Å². The lowest BCUT2D eigenvalue weighted by atomic mass is 9.97. The Bertz CT molecular complexity index is 810. The number of carbonyl (C=O) groups excluding carboxylic acids is 1. The summed E-state index contributed by atoms with van der Waals surface area (Å²) < 4.78 is 14.9. The lowest BCUT2D eigenvalue weighted by Crippen LogP contribution is -2.41. The Labute approximate surface area is 200 Å². The van der Waals surface area contributed by atoms with Gasteiger partial charge in [0.1, 0.15) is 5.82 Å². The van der Waals surface area contributed by atoms with Gasteiger partial charge in [-0.25, -0.2) is 13.5 Å². The second-order valence-corrected chi connectivity index (χ2v) is 12.1. The van der Waals surface area contributed by atoms with E-state index in [0.29, 0.717) is 11.7 Å². The normalized spacial score (nSPS) is 32.4. The summed E-state index contributed by atoms with van der Waals surface area (Å²) in [5.74, 6) is 1.12. The molecule has 2 aliphatic carbocycles. The summed E-state index contributed by atoms with van der Waals surface area (Å²) in [5, 5.41) is 3.56. The van der Waals surface area contributed by atoms with Gasteiger partial charge in [-0.05, 0) is 62.8 Å². The van der Waals surface area contributed by atoms with Crippen LogP contribution in [-0.2, 0) is 15.8 Å². The van der Waals surface area contributed by atoms with E-state index in [0.717, 1.165) is 89.5 Å². The van der Waals surface area contributed by atoms with Crippen LogP contribution in [0.4, 0.5) is 0 Å². The minimum absolute atomic E-state index is 0.00782. The molecule has 2 aliphatic heterocycles. The summed E-state index contributed by atoms with van der Waals surface area (Å²) in [5.41, 5.74) is 6.76. The van der Waals surface area contributed by atoms with Gasteiger partial charge in [-0.3, -0.25) is 14.7 Å². The number of hydrogen-bond acceptors (Lipinski definition) is 5. The molecule has 4 unspecified atom stereocenters. The van der Waals surface area contributed by atoms with Crippen molar-refractivity contribution in [3.63, 3.8) is 0 Å². The molecule has 0 radical (unpaired) electrons. The number of amides is 1. The first-order valence-electron chi connectivity index (χ1n) is 12.6. The molecule has 1 amide bonds. The molecule has 0 spiro atoms. The van der Waals surface area contributed by atoms with Gasteiger partial charge in [0.25, 0.3) is 0 Å². The van der Waals surface area contributed by atoms with Crippen molar-refractivity contribution in [1.82, 2.24) is 14.5 Å². The SMILES string of the molecule is CC1CCCC1N(C=O)C(/N=C/N)=C(/C=NC1CCN(S(=O)C2CCNC2)CC1)C1(C)CC1. The van der Waals surface area contributed by atoms with Gasteiger partial charge in [-0.15, -0.1) is 0 Å². The highest BCUT2D eigenvalue weighted by atomic mass is 32.2. The Morgan fingerprint density at radius 3 is 2.52 bits per heavy atom. The molecule has 33 heavy (non-hydrogen) atoms. The topological polar surface area (TPSA) is 103 Å². The Morgan fingerprint density at radius 1 is 1.21 bits per heavy atom. The molecule has 4 rings (SSSR count). The van der Waals surface area contributed by atoms with E-state index in [1.165, 1.54) is 6.34 Å². The largest absolute Gasteiger partial charge is 0.390 e. The molecule has 2 saturated heterocycles. The molecule has 0 aromatic rings. The second-order valence-electron chi connectivity index (χ2n) is 10.4. The molecule has 0 aromatic heterocycles. The zero-order chi connectivity index (χ0) is 23.4. The highest BCUT2D eigenvalue weighted by Crippen LogP contribution is 2.52. The average Bonchev–Trinajstić information content (AvgIpc) is 3.19. The minimum Gasteiger partial charge on any atom is -0.390 e. The van der Waals surface area contributed by atoms with E-state index < -0.39 is 11.0 Å². The molecule has 8 nitrogen and oxygen atoms in total. The molecule has 4 atom stereocenters. The number of aliphatic imine (C=N–C) groups is 2. The lowest BCUT2D eigenvalue weighted by molar-refractivity contribution is -0.118. The molecule has 0 aromatic carbocycles. The van der Waals surface area contributed by atoms with Crippen molar-refractivity contribution in [2.75, 3.05) is 26.2 Å². The third-order valence-corrected chi connectivity index (χ3v) is 9.86. The van der Waals surface area contributed by atoms with Crippen LogP contribution >= 0.6 is 0 Å². The van der Waals surface area contributed by atoms with Crippen molar-refractivity contribution in [3.8, 4) is 0 Å². The first kappa shape index (κ1) is 24.5. The lowest BCUT2D eigenvalue weighted by Gasteiger charge is -2.32. The maximum absolute atomic E-state index is 12.8. The number of hydrogen-bond donors (Lipinski definition) is 2. The zero-order valence-corrected chi connectivity index (χ0v) is 20.9. The fourth-order valence-electron chi connectivity index (χ4n) is 5.47. The Morgan fingerprint density at radius 2 is 1.97 bits per heavy atom. The van der Waals surface area contributed by atoms with Crippen LogP contribution < -0.4 is 11.1 Å². The molecular weight excluding hydrogens is 436 g/mol. The fraction of sp³-hybridized carbons (Fsp3) is 0.792. The van der Waals surface area contributed by atoms with Gasteiger partial charge in [0.15, 0.2) is 0 Å². The molecule has 2 heterocycles. The van der Waals surface area contributed by atoms with Crippen LogP contribution in [0.3, 0.4) is 0 Å². The first-order chi connectivity index (χ1) is 16.0. The van der Waals surface area contributed by atoms with Crippen molar-refractivity contribution < 1.29 is 9.00 Å². The van der Waals surface area contributed by atoms with E-state index in [1.807, 2.05) is 11.1 Å². The van der Waals surface area contributed by atoms with E-state index in [9.17, 15) is 9.00 Å². The molecule has 184 valence electrons. The minimum atomic E-state index is -0.905. The standard InChI is InChI=1S/C24H40N6O2S/c1-18-4-3-5-22(18)30(17-31)23(28-16-25)21(24(2)9-10-24)15-27-19-7-12-29(13-8-19)33(32)20-6-11-26-14-20/h15-20,22,26H,3-14H2,1-2H3,(H2,25,28)/b23-21-,27-15?.